The highest BCUT2D eigenvalue weighted by Gasteiger charge is 2.68. The van der Waals surface area contributed by atoms with E-state index in [0.717, 1.165) is 38.5 Å². The van der Waals surface area contributed by atoms with E-state index in [9.17, 15) is 9.59 Å². The highest BCUT2D eigenvalue weighted by atomic mass is 35.5. The molecule has 4 rings (SSSR count). The van der Waals surface area contributed by atoms with Gasteiger partial charge < -0.3 is 4.74 Å². The van der Waals surface area contributed by atoms with Crippen molar-refractivity contribution in [2.24, 2.45) is 40.4 Å². The largest absolute Gasteiger partial charge is 0.462 e. The Morgan fingerprint density at radius 2 is 1.72 bits per heavy atom. The summed E-state index contributed by atoms with van der Waals surface area (Å²) in [5.41, 5.74) is 0.0417. The van der Waals surface area contributed by atoms with Gasteiger partial charge in [0.1, 0.15) is 11.9 Å². The first-order valence-electron chi connectivity index (χ1n) is 11.4. The number of alkyl halides is 2. The summed E-state index contributed by atoms with van der Waals surface area (Å²) in [6.45, 7) is 10.2. The Bertz CT molecular complexity index is 710. The summed E-state index contributed by atoms with van der Waals surface area (Å²) >= 11 is 14.4. The lowest BCUT2D eigenvalue weighted by molar-refractivity contribution is -0.157. The fourth-order valence-corrected chi connectivity index (χ4v) is 9.75. The molecule has 4 aliphatic carbocycles. The van der Waals surface area contributed by atoms with E-state index in [4.69, 9.17) is 27.9 Å². The van der Waals surface area contributed by atoms with Crippen molar-refractivity contribution in [3.63, 3.8) is 0 Å². The smallest absolute Gasteiger partial charge is 0.302 e. The SMILES string of the molecule is CC(=O)O[C@@H]1CC[C@]2(C)[C@@H]3CC[C@@]4(C)[C@H](C[C@H](C)[C@@H]4C(C)=O)[C@@H]3C[C@H](Cl)[C@@]2(Cl)C1. The molecule has 0 aromatic carbocycles. The van der Waals surface area contributed by atoms with E-state index >= 15 is 0 Å². The van der Waals surface area contributed by atoms with Gasteiger partial charge in [0.25, 0.3) is 0 Å². The summed E-state index contributed by atoms with van der Waals surface area (Å²) in [7, 11) is 0. The zero-order valence-electron chi connectivity index (χ0n) is 18.5. The Morgan fingerprint density at radius 1 is 1.03 bits per heavy atom. The minimum atomic E-state index is -0.536. The van der Waals surface area contributed by atoms with Crippen LogP contribution in [0.2, 0.25) is 0 Å². The summed E-state index contributed by atoms with van der Waals surface area (Å²) in [5, 5.41) is -0.136. The van der Waals surface area contributed by atoms with Crippen molar-refractivity contribution in [1.29, 1.82) is 0 Å². The summed E-state index contributed by atoms with van der Waals surface area (Å²) in [6, 6.07) is 0. The van der Waals surface area contributed by atoms with Crippen molar-refractivity contribution in [3.05, 3.63) is 0 Å². The highest BCUT2D eigenvalue weighted by Crippen LogP contribution is 2.71. The molecule has 0 radical (unpaired) electrons. The third kappa shape index (κ3) is 3.04. The predicted octanol–water partition coefficient (Wildman–Crippen LogP) is 5.99. The number of esters is 1. The third-order valence-electron chi connectivity index (χ3n) is 9.80. The predicted molar refractivity (Wildman–Crippen MR) is 116 cm³/mol. The van der Waals surface area contributed by atoms with Gasteiger partial charge in [-0.25, -0.2) is 0 Å². The number of ketones is 1. The van der Waals surface area contributed by atoms with Gasteiger partial charge in [-0.05, 0) is 80.0 Å². The molecule has 29 heavy (non-hydrogen) atoms. The molecule has 5 heteroatoms. The zero-order valence-corrected chi connectivity index (χ0v) is 20.0. The Balaban J connectivity index is 1.65. The van der Waals surface area contributed by atoms with Crippen molar-refractivity contribution >= 4 is 35.0 Å². The molecule has 0 heterocycles. The first kappa shape index (κ1) is 21.9. The number of carbonyl (C=O) groups is 2. The van der Waals surface area contributed by atoms with E-state index in [0.29, 0.717) is 35.9 Å². The van der Waals surface area contributed by atoms with Crippen LogP contribution < -0.4 is 0 Å². The first-order valence-corrected chi connectivity index (χ1v) is 12.3. The Kier molecular flexibility index (Phi) is 5.39. The normalized spacial score (nSPS) is 54.1. The van der Waals surface area contributed by atoms with Gasteiger partial charge in [0, 0.05) is 19.3 Å². The molecule has 10 atom stereocenters. The number of carbonyl (C=O) groups excluding carboxylic acids is 2. The quantitative estimate of drug-likeness (QED) is 0.389. The third-order valence-corrected chi connectivity index (χ3v) is 11.3. The molecule has 0 amide bonds. The number of halogens is 2. The fraction of sp³-hybridized carbons (Fsp3) is 0.917. The Morgan fingerprint density at radius 3 is 2.34 bits per heavy atom. The van der Waals surface area contributed by atoms with Crippen LogP contribution >= 0.6 is 23.2 Å². The van der Waals surface area contributed by atoms with Crippen LogP contribution in [0.4, 0.5) is 0 Å². The van der Waals surface area contributed by atoms with Crippen LogP contribution in [-0.2, 0) is 14.3 Å². The molecule has 0 N–H and O–H groups in total. The van der Waals surface area contributed by atoms with Crippen LogP contribution in [0.1, 0.15) is 79.6 Å². The molecule has 0 spiro atoms. The minimum absolute atomic E-state index is 0.0561. The number of hydrogen-bond acceptors (Lipinski definition) is 3. The van der Waals surface area contributed by atoms with Gasteiger partial charge >= 0.3 is 5.97 Å². The molecule has 0 aromatic rings. The van der Waals surface area contributed by atoms with Gasteiger partial charge in [0.2, 0.25) is 0 Å². The average molecular weight is 443 g/mol. The molecule has 0 saturated heterocycles. The number of Topliss-reactive ketones (excluding diaryl/α,β-unsaturated/α-hetero) is 1. The molecular weight excluding hydrogens is 407 g/mol. The maximum Gasteiger partial charge on any atom is 0.302 e. The lowest BCUT2D eigenvalue weighted by Gasteiger charge is -2.65. The molecule has 0 aliphatic heterocycles. The average Bonchev–Trinajstić information content (AvgIpc) is 2.87. The summed E-state index contributed by atoms with van der Waals surface area (Å²) in [6.07, 6.45) is 6.62. The monoisotopic (exact) mass is 442 g/mol. The number of hydrogen-bond donors (Lipinski definition) is 0. The van der Waals surface area contributed by atoms with Crippen LogP contribution in [0, 0.1) is 40.4 Å². The molecule has 4 aliphatic rings. The van der Waals surface area contributed by atoms with E-state index in [1.165, 1.54) is 6.92 Å². The van der Waals surface area contributed by atoms with Gasteiger partial charge in [-0.3, -0.25) is 9.59 Å². The van der Waals surface area contributed by atoms with Crippen LogP contribution in [-0.4, -0.2) is 28.1 Å². The molecule has 0 bridgehead atoms. The zero-order chi connectivity index (χ0) is 21.4. The number of fused-ring (bicyclic) bond motifs is 5. The topological polar surface area (TPSA) is 43.4 Å². The minimum Gasteiger partial charge on any atom is -0.462 e. The van der Waals surface area contributed by atoms with Gasteiger partial charge in [0.15, 0.2) is 0 Å². The second-order valence-electron chi connectivity index (χ2n) is 11.2. The van der Waals surface area contributed by atoms with E-state index in [2.05, 4.69) is 20.8 Å². The van der Waals surface area contributed by atoms with Crippen molar-refractivity contribution in [1.82, 2.24) is 0 Å². The van der Waals surface area contributed by atoms with Crippen LogP contribution in [0.25, 0.3) is 0 Å². The highest BCUT2D eigenvalue weighted by molar-refractivity contribution is 6.33. The second kappa shape index (κ2) is 7.12. The fourth-order valence-electron chi connectivity index (χ4n) is 8.71. The number of ether oxygens (including phenoxy) is 1. The van der Waals surface area contributed by atoms with Gasteiger partial charge in [-0.1, -0.05) is 20.8 Å². The standard InChI is InChI=1S/C24H36Cl2O3/c1-13-10-19-17-11-20(25)24(26)12-16(29-15(3)28)6-9-23(24,5)18(17)7-8-22(19,4)21(13)14(2)27/h13,16-21H,6-12H2,1-5H3/t13-,16+,17+,18+,19+,20-,21+,22-,23+,24-/m0/s1. The van der Waals surface area contributed by atoms with E-state index in [1.54, 1.807) is 6.92 Å². The van der Waals surface area contributed by atoms with Crippen molar-refractivity contribution in [2.75, 3.05) is 0 Å². The second-order valence-corrected chi connectivity index (χ2v) is 12.4. The van der Waals surface area contributed by atoms with Crippen LogP contribution in [0.15, 0.2) is 0 Å². The Labute approximate surface area is 185 Å². The Hall–Kier alpha value is -0.280. The van der Waals surface area contributed by atoms with Crippen LogP contribution in [0.3, 0.4) is 0 Å². The van der Waals surface area contributed by atoms with Crippen molar-refractivity contribution < 1.29 is 14.3 Å². The maximum absolute atomic E-state index is 12.5. The molecule has 4 saturated carbocycles. The number of rotatable bonds is 2. The van der Waals surface area contributed by atoms with Crippen LogP contribution in [0.5, 0.6) is 0 Å². The summed E-state index contributed by atoms with van der Waals surface area (Å²) in [4.78, 5) is 23.5. The molecule has 4 fully saturated rings. The van der Waals surface area contributed by atoms with E-state index < -0.39 is 4.87 Å². The van der Waals surface area contributed by atoms with E-state index in [-0.39, 0.29) is 34.2 Å². The first-order chi connectivity index (χ1) is 13.4. The van der Waals surface area contributed by atoms with Gasteiger partial charge in [0.05, 0.1) is 10.3 Å². The lowest BCUT2D eigenvalue weighted by Crippen LogP contribution is -2.65. The molecular formula is C24H36Cl2O3. The van der Waals surface area contributed by atoms with Crippen molar-refractivity contribution in [2.45, 2.75) is 95.9 Å². The molecule has 0 unspecified atom stereocenters. The van der Waals surface area contributed by atoms with Gasteiger partial charge in [-0.2, -0.15) is 0 Å². The summed E-state index contributed by atoms with van der Waals surface area (Å²) < 4.78 is 5.56. The maximum atomic E-state index is 12.5. The van der Waals surface area contributed by atoms with Crippen molar-refractivity contribution in [3.8, 4) is 0 Å². The lowest BCUT2D eigenvalue weighted by atomic mass is 9.44. The van der Waals surface area contributed by atoms with E-state index in [1.807, 2.05) is 0 Å². The molecule has 164 valence electrons. The van der Waals surface area contributed by atoms with Gasteiger partial charge in [-0.15, -0.1) is 23.2 Å². The molecule has 3 nitrogen and oxygen atoms in total. The molecule has 0 aromatic heterocycles. The summed E-state index contributed by atoms with van der Waals surface area (Å²) in [5.74, 6) is 2.37.